The average Bonchev–Trinajstić information content (AvgIpc) is 3.25. The molecule has 6 heteroatoms. The third-order valence-corrected chi connectivity index (χ3v) is 5.87. The zero-order valence-corrected chi connectivity index (χ0v) is 14.0. The number of imide groups is 1. The van der Waals surface area contributed by atoms with Gasteiger partial charge >= 0.3 is 0 Å². The molecule has 3 aliphatic rings. The van der Waals surface area contributed by atoms with Gasteiger partial charge in [-0.3, -0.25) is 24.1 Å². The van der Waals surface area contributed by atoms with Gasteiger partial charge in [-0.15, -0.1) is 0 Å². The van der Waals surface area contributed by atoms with Crippen molar-refractivity contribution in [2.45, 2.75) is 26.2 Å². The molecule has 4 rings (SSSR count). The molecule has 0 radical (unpaired) electrons. The fourth-order valence-electron chi connectivity index (χ4n) is 4.79. The van der Waals surface area contributed by atoms with E-state index < -0.39 is 5.91 Å². The van der Waals surface area contributed by atoms with E-state index in [4.69, 9.17) is 0 Å². The first-order valence-electron chi connectivity index (χ1n) is 8.72. The highest BCUT2D eigenvalue weighted by atomic mass is 16.2. The maximum absolute atomic E-state index is 12.6. The Kier molecular flexibility index (Phi) is 3.71. The van der Waals surface area contributed by atoms with E-state index in [1.54, 1.807) is 24.3 Å². The van der Waals surface area contributed by atoms with Gasteiger partial charge in [-0.05, 0) is 50.2 Å². The molecule has 3 amide bonds. The van der Waals surface area contributed by atoms with E-state index in [0.29, 0.717) is 23.1 Å². The molecule has 0 spiro atoms. The van der Waals surface area contributed by atoms with Crippen LogP contribution in [0, 0.1) is 23.7 Å². The van der Waals surface area contributed by atoms with Gasteiger partial charge in [0.2, 0.25) is 17.7 Å². The van der Waals surface area contributed by atoms with Gasteiger partial charge in [-0.1, -0.05) is 12.1 Å². The standard InChI is InChI=1S/C19H20N2O4/c1-10(22)11-3-2-4-14(8-11)20-15(23)9-21-18(24)16-12-5-6-13(7-12)17(16)19(21)25/h2-4,8,12-13,16-17H,5-7,9H2,1H3,(H,20,23)/t12-,13-,16-,17+/m0/s1. The van der Waals surface area contributed by atoms with Crippen molar-refractivity contribution in [3.8, 4) is 0 Å². The van der Waals surface area contributed by atoms with Crippen LogP contribution in [0.4, 0.5) is 5.69 Å². The van der Waals surface area contributed by atoms with Gasteiger partial charge in [-0.2, -0.15) is 0 Å². The molecule has 6 nitrogen and oxygen atoms in total. The lowest BCUT2D eigenvalue weighted by Crippen LogP contribution is -2.39. The lowest BCUT2D eigenvalue weighted by molar-refractivity contribution is -0.143. The number of anilines is 1. The zero-order valence-electron chi connectivity index (χ0n) is 14.0. The summed E-state index contributed by atoms with van der Waals surface area (Å²) in [7, 11) is 0. The number of Topliss-reactive ketones (excluding diaryl/α,β-unsaturated/α-hetero) is 1. The molecule has 25 heavy (non-hydrogen) atoms. The van der Waals surface area contributed by atoms with Crippen molar-refractivity contribution in [1.82, 2.24) is 4.90 Å². The van der Waals surface area contributed by atoms with Crippen LogP contribution in [0.2, 0.25) is 0 Å². The normalized spacial score (nSPS) is 29.9. The summed E-state index contributed by atoms with van der Waals surface area (Å²) in [5.41, 5.74) is 0.981. The minimum atomic E-state index is -0.422. The molecule has 3 fully saturated rings. The van der Waals surface area contributed by atoms with E-state index in [1.165, 1.54) is 6.92 Å². The minimum Gasteiger partial charge on any atom is -0.325 e. The van der Waals surface area contributed by atoms with Crippen LogP contribution in [0.15, 0.2) is 24.3 Å². The van der Waals surface area contributed by atoms with E-state index in [-0.39, 0.29) is 36.0 Å². The van der Waals surface area contributed by atoms with Crippen LogP contribution < -0.4 is 5.32 Å². The monoisotopic (exact) mass is 340 g/mol. The van der Waals surface area contributed by atoms with Crippen LogP contribution in [0.1, 0.15) is 36.5 Å². The number of amides is 3. The summed E-state index contributed by atoms with van der Waals surface area (Å²) in [6.45, 7) is 1.20. The van der Waals surface area contributed by atoms with Gasteiger partial charge in [0.1, 0.15) is 6.54 Å². The van der Waals surface area contributed by atoms with Crippen LogP contribution in [-0.2, 0) is 14.4 Å². The predicted molar refractivity (Wildman–Crippen MR) is 89.6 cm³/mol. The molecule has 2 bridgehead atoms. The van der Waals surface area contributed by atoms with Crippen LogP contribution in [-0.4, -0.2) is 34.9 Å². The average molecular weight is 340 g/mol. The fourth-order valence-corrected chi connectivity index (χ4v) is 4.79. The van der Waals surface area contributed by atoms with Crippen molar-refractivity contribution in [3.05, 3.63) is 29.8 Å². The van der Waals surface area contributed by atoms with Crippen molar-refractivity contribution in [2.24, 2.45) is 23.7 Å². The highest BCUT2D eigenvalue weighted by Gasteiger charge is 2.60. The summed E-state index contributed by atoms with van der Waals surface area (Å²) >= 11 is 0. The Bertz CT molecular complexity index is 759. The van der Waals surface area contributed by atoms with E-state index in [2.05, 4.69) is 5.32 Å². The summed E-state index contributed by atoms with van der Waals surface area (Å²) in [4.78, 5) is 50.0. The Hall–Kier alpha value is -2.50. The SMILES string of the molecule is CC(=O)c1cccc(NC(=O)CN2C(=O)[C@@H]3[C@H]4CC[C@@H](C4)[C@@H]3C2=O)c1. The summed E-state index contributed by atoms with van der Waals surface area (Å²) < 4.78 is 0. The summed E-state index contributed by atoms with van der Waals surface area (Å²) in [6, 6.07) is 6.61. The molecule has 2 saturated carbocycles. The molecule has 1 aromatic rings. The van der Waals surface area contributed by atoms with E-state index in [1.807, 2.05) is 0 Å². The van der Waals surface area contributed by atoms with Gasteiger partial charge < -0.3 is 5.32 Å². The minimum absolute atomic E-state index is 0.0932. The third kappa shape index (κ3) is 2.56. The molecule has 1 N–H and O–H groups in total. The quantitative estimate of drug-likeness (QED) is 0.670. The van der Waals surface area contributed by atoms with Gasteiger partial charge in [0, 0.05) is 11.3 Å². The number of hydrogen-bond acceptors (Lipinski definition) is 4. The van der Waals surface area contributed by atoms with Gasteiger partial charge in [0.25, 0.3) is 0 Å². The predicted octanol–water partition coefficient (Wildman–Crippen LogP) is 1.86. The Morgan fingerprint density at radius 3 is 2.36 bits per heavy atom. The lowest BCUT2D eigenvalue weighted by atomic mass is 9.81. The molecule has 0 aromatic heterocycles. The summed E-state index contributed by atoms with van der Waals surface area (Å²) in [5.74, 6) is -0.678. The molecular formula is C19H20N2O4. The summed E-state index contributed by atoms with van der Waals surface area (Å²) in [5, 5.41) is 2.67. The van der Waals surface area contributed by atoms with Crippen LogP contribution in [0.25, 0.3) is 0 Å². The Balaban J connectivity index is 1.45. The van der Waals surface area contributed by atoms with Gasteiger partial charge in [0.15, 0.2) is 5.78 Å². The first-order chi connectivity index (χ1) is 12.0. The fraction of sp³-hybridized carbons (Fsp3) is 0.474. The number of carbonyl (C=O) groups is 4. The van der Waals surface area contributed by atoms with Crippen molar-refractivity contribution >= 4 is 29.2 Å². The number of carbonyl (C=O) groups excluding carboxylic acids is 4. The molecule has 1 saturated heterocycles. The number of fused-ring (bicyclic) bond motifs is 5. The number of benzene rings is 1. The van der Waals surface area contributed by atoms with Crippen molar-refractivity contribution in [2.75, 3.05) is 11.9 Å². The maximum atomic E-state index is 12.6. The number of likely N-dealkylation sites (tertiary alicyclic amines) is 1. The molecule has 2 aliphatic carbocycles. The summed E-state index contributed by atoms with van der Waals surface area (Å²) in [6.07, 6.45) is 3.01. The zero-order chi connectivity index (χ0) is 17.7. The Labute approximate surface area is 145 Å². The number of ketones is 1. The topological polar surface area (TPSA) is 83.6 Å². The van der Waals surface area contributed by atoms with Gasteiger partial charge in [-0.25, -0.2) is 0 Å². The van der Waals surface area contributed by atoms with Crippen molar-refractivity contribution < 1.29 is 19.2 Å². The smallest absolute Gasteiger partial charge is 0.244 e. The highest BCUT2D eigenvalue weighted by Crippen LogP contribution is 2.56. The van der Waals surface area contributed by atoms with Crippen LogP contribution in [0.5, 0.6) is 0 Å². The molecule has 4 atom stereocenters. The van der Waals surface area contributed by atoms with Gasteiger partial charge in [0.05, 0.1) is 11.8 Å². The molecule has 1 heterocycles. The first kappa shape index (κ1) is 16.0. The molecule has 1 aliphatic heterocycles. The molecule has 130 valence electrons. The van der Waals surface area contributed by atoms with Crippen molar-refractivity contribution in [3.63, 3.8) is 0 Å². The second-order valence-corrected chi connectivity index (χ2v) is 7.33. The number of nitrogens with zero attached hydrogens (tertiary/aromatic N) is 1. The maximum Gasteiger partial charge on any atom is 0.244 e. The van der Waals surface area contributed by atoms with Crippen molar-refractivity contribution in [1.29, 1.82) is 0 Å². The second kappa shape index (κ2) is 5.79. The van der Waals surface area contributed by atoms with E-state index in [0.717, 1.165) is 24.2 Å². The first-order valence-corrected chi connectivity index (χ1v) is 8.72. The third-order valence-electron chi connectivity index (χ3n) is 5.87. The number of rotatable bonds is 4. The Morgan fingerprint density at radius 2 is 1.76 bits per heavy atom. The van der Waals surface area contributed by atoms with E-state index >= 15 is 0 Å². The number of nitrogens with one attached hydrogen (secondary N) is 1. The van der Waals surface area contributed by atoms with Crippen LogP contribution >= 0.6 is 0 Å². The molecular weight excluding hydrogens is 320 g/mol. The molecule has 1 aromatic carbocycles. The molecule has 0 unspecified atom stereocenters. The Morgan fingerprint density at radius 1 is 1.12 bits per heavy atom. The largest absolute Gasteiger partial charge is 0.325 e. The van der Waals surface area contributed by atoms with Crippen LogP contribution in [0.3, 0.4) is 0 Å². The number of hydrogen-bond donors (Lipinski definition) is 1. The second-order valence-electron chi connectivity index (χ2n) is 7.33. The lowest BCUT2D eigenvalue weighted by Gasteiger charge is -2.19. The van der Waals surface area contributed by atoms with E-state index in [9.17, 15) is 19.2 Å². The highest BCUT2D eigenvalue weighted by molar-refractivity contribution is 6.09.